The van der Waals surface area contributed by atoms with Crippen LogP contribution in [0.5, 0.6) is 29.1 Å². The number of amides is 1. The number of hydrogen-bond donors (Lipinski definition) is 2. The molecule has 0 aliphatic rings. The SMILES string of the molecule is C=C(CNc1cc(C)cc(Oc2nc(Oc3cc(C#N)cc(OCC(C)=O)c3)nc3[nH]c4c(N(C)C(=O)OC(C)(C)C)cc(F)cc4c23)c1)OCC. The van der Waals surface area contributed by atoms with Gasteiger partial charge in [0, 0.05) is 30.3 Å². The lowest BCUT2D eigenvalue weighted by atomic mass is 10.1. The number of aromatic amines is 1. The molecule has 5 rings (SSSR count). The molecule has 1 amide bonds. The molecule has 2 N–H and O–H groups in total. The molecule has 14 heteroatoms. The molecule has 0 saturated carbocycles. The number of Topliss-reactive ketones (excluding diaryl/α,β-unsaturated/α-hetero) is 1. The lowest BCUT2D eigenvalue weighted by Crippen LogP contribution is -2.34. The Hall–Kier alpha value is -6.36. The summed E-state index contributed by atoms with van der Waals surface area (Å²) in [5.74, 6) is 0.487. The molecule has 0 aliphatic heterocycles. The van der Waals surface area contributed by atoms with Gasteiger partial charge >= 0.3 is 12.1 Å². The number of ether oxygens (including phenoxy) is 5. The second kappa shape index (κ2) is 15.3. The summed E-state index contributed by atoms with van der Waals surface area (Å²) in [5, 5.41) is 13.5. The van der Waals surface area contributed by atoms with Crippen molar-refractivity contribution in [2.75, 3.05) is 37.0 Å². The Bertz CT molecular complexity index is 2220. The Morgan fingerprint density at radius 1 is 1.04 bits per heavy atom. The minimum atomic E-state index is -0.797. The molecule has 0 spiro atoms. The van der Waals surface area contributed by atoms with E-state index in [2.05, 4.69) is 26.8 Å². The molecule has 270 valence electrons. The maximum atomic E-state index is 15.3. The van der Waals surface area contributed by atoms with E-state index in [0.717, 1.165) is 11.3 Å². The Morgan fingerprint density at radius 2 is 1.77 bits per heavy atom. The molecule has 5 aromatic rings. The third-order valence-corrected chi connectivity index (χ3v) is 7.24. The largest absolute Gasteiger partial charge is 0.497 e. The zero-order chi connectivity index (χ0) is 37.7. The fourth-order valence-electron chi connectivity index (χ4n) is 5.15. The van der Waals surface area contributed by atoms with Crippen LogP contribution in [-0.2, 0) is 14.3 Å². The van der Waals surface area contributed by atoms with E-state index < -0.39 is 17.5 Å². The first-order chi connectivity index (χ1) is 24.6. The number of H-pyrrole nitrogens is 1. The third-order valence-electron chi connectivity index (χ3n) is 7.24. The van der Waals surface area contributed by atoms with Crippen molar-refractivity contribution in [1.82, 2.24) is 15.0 Å². The summed E-state index contributed by atoms with van der Waals surface area (Å²) < 4.78 is 44.3. The first kappa shape index (κ1) is 36.9. The van der Waals surface area contributed by atoms with Crippen LogP contribution in [0.25, 0.3) is 21.9 Å². The molecule has 0 atom stereocenters. The highest BCUT2D eigenvalue weighted by atomic mass is 19.1. The van der Waals surface area contributed by atoms with Crippen LogP contribution in [0.2, 0.25) is 0 Å². The highest BCUT2D eigenvalue weighted by Crippen LogP contribution is 2.40. The number of benzene rings is 3. The molecular weight excluding hydrogens is 671 g/mol. The second-order valence-electron chi connectivity index (χ2n) is 12.9. The smallest absolute Gasteiger partial charge is 0.414 e. The van der Waals surface area contributed by atoms with Crippen molar-refractivity contribution in [3.05, 3.63) is 77.8 Å². The van der Waals surface area contributed by atoms with Crippen LogP contribution < -0.4 is 24.4 Å². The Morgan fingerprint density at radius 3 is 2.46 bits per heavy atom. The number of aryl methyl sites for hydroxylation is 1. The van der Waals surface area contributed by atoms with Crippen molar-refractivity contribution < 1.29 is 37.7 Å². The number of anilines is 2. The number of aromatic nitrogens is 3. The molecule has 2 aromatic heterocycles. The molecule has 0 saturated heterocycles. The molecule has 0 fully saturated rings. The number of carbonyl (C=O) groups excluding carboxylic acids is 2. The van der Waals surface area contributed by atoms with Gasteiger partial charge < -0.3 is 34.0 Å². The van der Waals surface area contributed by atoms with Gasteiger partial charge in [0.05, 0.1) is 41.4 Å². The fourth-order valence-corrected chi connectivity index (χ4v) is 5.15. The van der Waals surface area contributed by atoms with Crippen LogP contribution in [-0.4, -0.2) is 59.2 Å². The van der Waals surface area contributed by atoms with Gasteiger partial charge in [0.2, 0.25) is 5.88 Å². The number of fused-ring (bicyclic) bond motifs is 3. The highest BCUT2D eigenvalue weighted by molar-refractivity contribution is 6.14. The van der Waals surface area contributed by atoms with E-state index >= 15 is 4.39 Å². The third kappa shape index (κ3) is 9.05. The summed E-state index contributed by atoms with van der Waals surface area (Å²) >= 11 is 0. The number of halogens is 1. The number of nitrogens with zero attached hydrogens (tertiary/aromatic N) is 4. The molecule has 0 bridgehead atoms. The van der Waals surface area contributed by atoms with Gasteiger partial charge in [-0.1, -0.05) is 6.58 Å². The molecule has 52 heavy (non-hydrogen) atoms. The van der Waals surface area contributed by atoms with Gasteiger partial charge in [-0.05, 0) is 83.5 Å². The Balaban J connectivity index is 1.65. The predicted molar refractivity (Wildman–Crippen MR) is 194 cm³/mol. The Kier molecular flexibility index (Phi) is 10.8. The van der Waals surface area contributed by atoms with Crippen molar-refractivity contribution in [3.8, 4) is 35.2 Å². The number of ketones is 1. The lowest BCUT2D eigenvalue weighted by molar-refractivity contribution is -0.118. The van der Waals surface area contributed by atoms with Crippen molar-refractivity contribution in [3.63, 3.8) is 0 Å². The van der Waals surface area contributed by atoms with Crippen molar-refractivity contribution in [2.45, 2.75) is 47.1 Å². The van der Waals surface area contributed by atoms with E-state index in [9.17, 15) is 14.9 Å². The topological polar surface area (TPSA) is 161 Å². The number of carbonyl (C=O) groups is 2. The highest BCUT2D eigenvalue weighted by Gasteiger charge is 2.26. The number of rotatable bonds is 13. The number of nitriles is 1. The zero-order valence-corrected chi connectivity index (χ0v) is 30.0. The summed E-state index contributed by atoms with van der Waals surface area (Å²) in [7, 11) is 1.47. The summed E-state index contributed by atoms with van der Waals surface area (Å²) in [6.07, 6.45) is -0.698. The molecule has 0 aliphatic carbocycles. The normalized spacial score (nSPS) is 11.1. The standard InChI is InChI=1S/C38H39FN6O7/c1-9-48-23(4)19-41-26-10-21(2)11-28(16-26)50-35-32-30-14-25(39)15-31(45(8)37(47)52-38(5,6)7)33(30)42-34(32)43-36(44-35)51-29-13-24(18-40)12-27(17-29)49-20-22(3)46/h10-17,41H,4,9,19-20H2,1-3,5-8H3,(H,42,43,44). The van der Waals surface area contributed by atoms with Gasteiger partial charge in [-0.25, -0.2) is 9.18 Å². The fraction of sp³-hybridized carbons (Fsp3) is 0.289. The van der Waals surface area contributed by atoms with E-state index in [4.69, 9.17) is 23.7 Å². The molecule has 2 heterocycles. The molecule has 13 nitrogen and oxygen atoms in total. The maximum absolute atomic E-state index is 15.3. The van der Waals surface area contributed by atoms with E-state index in [1.807, 2.05) is 26.0 Å². The first-order valence-corrected chi connectivity index (χ1v) is 16.3. The number of hydrogen-bond acceptors (Lipinski definition) is 11. The molecular formula is C38H39FN6O7. The zero-order valence-electron chi connectivity index (χ0n) is 30.0. The summed E-state index contributed by atoms with van der Waals surface area (Å²) in [5.41, 5.74) is 1.72. The van der Waals surface area contributed by atoms with Crippen LogP contribution in [0.1, 0.15) is 45.7 Å². The Labute approximate surface area is 299 Å². The average Bonchev–Trinajstić information content (AvgIpc) is 3.43. The molecule has 3 aromatic carbocycles. The van der Waals surface area contributed by atoms with Crippen LogP contribution in [0.4, 0.5) is 20.6 Å². The van der Waals surface area contributed by atoms with E-state index in [0.29, 0.717) is 40.9 Å². The van der Waals surface area contributed by atoms with Gasteiger partial charge in [0.25, 0.3) is 0 Å². The minimum absolute atomic E-state index is 0.00230. The summed E-state index contributed by atoms with van der Waals surface area (Å²) in [4.78, 5) is 38.1. The minimum Gasteiger partial charge on any atom is -0.497 e. The van der Waals surface area contributed by atoms with Crippen molar-refractivity contribution >= 4 is 45.2 Å². The van der Waals surface area contributed by atoms with Crippen LogP contribution in [0, 0.1) is 24.1 Å². The van der Waals surface area contributed by atoms with Crippen molar-refractivity contribution in [1.29, 1.82) is 5.26 Å². The predicted octanol–water partition coefficient (Wildman–Crippen LogP) is 8.32. The number of nitrogens with one attached hydrogen (secondary N) is 2. The van der Waals surface area contributed by atoms with Crippen LogP contribution >= 0.6 is 0 Å². The van der Waals surface area contributed by atoms with E-state index in [1.54, 1.807) is 32.9 Å². The molecule has 0 radical (unpaired) electrons. The monoisotopic (exact) mass is 710 g/mol. The summed E-state index contributed by atoms with van der Waals surface area (Å²) in [6, 6.07) is 14.2. The van der Waals surface area contributed by atoms with Crippen LogP contribution in [0.3, 0.4) is 0 Å². The maximum Gasteiger partial charge on any atom is 0.414 e. The van der Waals surface area contributed by atoms with Gasteiger partial charge in [0.1, 0.15) is 46.7 Å². The van der Waals surface area contributed by atoms with E-state index in [-0.39, 0.29) is 52.7 Å². The van der Waals surface area contributed by atoms with Gasteiger partial charge in [0.15, 0.2) is 5.78 Å². The quantitative estimate of drug-likeness (QED) is 0.113. The first-order valence-electron chi connectivity index (χ1n) is 16.3. The average molecular weight is 711 g/mol. The second-order valence-corrected chi connectivity index (χ2v) is 12.9. The van der Waals surface area contributed by atoms with Crippen molar-refractivity contribution in [2.24, 2.45) is 0 Å². The molecule has 0 unspecified atom stereocenters. The van der Waals surface area contributed by atoms with Gasteiger partial charge in [-0.2, -0.15) is 15.2 Å². The lowest BCUT2D eigenvalue weighted by Gasteiger charge is -2.25. The van der Waals surface area contributed by atoms with Gasteiger partial charge in [-0.15, -0.1) is 0 Å². The van der Waals surface area contributed by atoms with E-state index in [1.165, 1.54) is 49.2 Å². The van der Waals surface area contributed by atoms with Crippen LogP contribution in [0.15, 0.2) is 60.9 Å². The van der Waals surface area contributed by atoms with Gasteiger partial charge in [-0.3, -0.25) is 9.69 Å². The summed E-state index contributed by atoms with van der Waals surface area (Å²) in [6.45, 7) is 14.9.